The van der Waals surface area contributed by atoms with Crippen molar-refractivity contribution in [3.8, 4) is 0 Å². The van der Waals surface area contributed by atoms with Gasteiger partial charge in [0, 0.05) is 6.54 Å². The lowest BCUT2D eigenvalue weighted by Crippen LogP contribution is -2.35. The first-order valence-electron chi connectivity index (χ1n) is 3.05. The fraction of sp³-hybridized carbons (Fsp3) is 1.00. The highest BCUT2D eigenvalue weighted by atomic mass is 16.6. The number of hydrogen-bond acceptors (Lipinski definition) is 2. The van der Waals surface area contributed by atoms with Crippen molar-refractivity contribution in [1.29, 1.82) is 0 Å². The van der Waals surface area contributed by atoms with Gasteiger partial charge in [0.15, 0.2) is 0 Å². The smallest absolute Gasteiger partial charge is 0.0733 e. The van der Waals surface area contributed by atoms with Crippen LogP contribution in [0.3, 0.4) is 0 Å². The maximum atomic E-state index is 5.03. The topological polar surface area (TPSA) is 21.3 Å². The van der Waals surface area contributed by atoms with Crippen molar-refractivity contribution in [3.63, 3.8) is 0 Å². The molecule has 8 heavy (non-hydrogen) atoms. The summed E-state index contributed by atoms with van der Waals surface area (Å²) >= 11 is 0. The molecule has 1 heterocycles. The van der Waals surface area contributed by atoms with E-state index < -0.39 is 0 Å². The minimum atomic E-state index is 0.394. The Morgan fingerprint density at radius 3 is 2.50 bits per heavy atom. The molecule has 0 atom stereocenters. The Morgan fingerprint density at radius 1 is 1.50 bits per heavy atom. The second kappa shape index (κ2) is 2.03. The van der Waals surface area contributed by atoms with Gasteiger partial charge in [0.2, 0.25) is 0 Å². The van der Waals surface area contributed by atoms with Crippen molar-refractivity contribution < 1.29 is 4.84 Å². The van der Waals surface area contributed by atoms with E-state index in [9.17, 15) is 0 Å². The second-order valence-corrected chi connectivity index (χ2v) is 3.10. The van der Waals surface area contributed by atoms with Crippen molar-refractivity contribution in [2.75, 3.05) is 13.2 Å². The lowest BCUT2D eigenvalue weighted by molar-refractivity contribution is -0.0506. The molecule has 0 spiro atoms. The Labute approximate surface area is 50.2 Å². The van der Waals surface area contributed by atoms with Crippen molar-refractivity contribution in [1.82, 2.24) is 5.48 Å². The largest absolute Gasteiger partial charge is 0.301 e. The van der Waals surface area contributed by atoms with Gasteiger partial charge < -0.3 is 4.84 Å². The molecule has 48 valence electrons. The summed E-state index contributed by atoms with van der Waals surface area (Å²) in [6.45, 7) is 6.27. The minimum Gasteiger partial charge on any atom is -0.301 e. The summed E-state index contributed by atoms with van der Waals surface area (Å²) in [4.78, 5) is 5.03. The third kappa shape index (κ3) is 1.46. The average molecular weight is 115 g/mol. The standard InChI is InChI=1S/C6H13NO/c1-6(2)3-4-7-8-5-6/h7H,3-5H2,1-2H3. The first-order valence-corrected chi connectivity index (χ1v) is 3.05. The molecular formula is C6H13NO. The van der Waals surface area contributed by atoms with Gasteiger partial charge in [-0.1, -0.05) is 13.8 Å². The molecule has 1 aliphatic rings. The van der Waals surface area contributed by atoms with E-state index in [1.807, 2.05) is 0 Å². The Morgan fingerprint density at radius 2 is 2.25 bits per heavy atom. The molecule has 0 aliphatic carbocycles. The summed E-state index contributed by atoms with van der Waals surface area (Å²) in [5.74, 6) is 0. The summed E-state index contributed by atoms with van der Waals surface area (Å²) in [6.07, 6.45) is 1.22. The van der Waals surface area contributed by atoms with E-state index in [-0.39, 0.29) is 0 Å². The van der Waals surface area contributed by atoms with Crippen LogP contribution in [0.25, 0.3) is 0 Å². The van der Waals surface area contributed by atoms with E-state index >= 15 is 0 Å². The quantitative estimate of drug-likeness (QED) is 0.507. The summed E-state index contributed by atoms with van der Waals surface area (Å²) in [5.41, 5.74) is 3.23. The van der Waals surface area contributed by atoms with Crippen LogP contribution >= 0.6 is 0 Å². The van der Waals surface area contributed by atoms with Crippen molar-refractivity contribution in [2.24, 2.45) is 5.41 Å². The van der Waals surface area contributed by atoms with Crippen LogP contribution in [0.4, 0.5) is 0 Å². The van der Waals surface area contributed by atoms with E-state index in [1.165, 1.54) is 6.42 Å². The molecule has 0 aromatic carbocycles. The molecule has 1 rings (SSSR count). The van der Waals surface area contributed by atoms with E-state index in [0.717, 1.165) is 13.2 Å². The van der Waals surface area contributed by atoms with E-state index in [2.05, 4.69) is 19.3 Å². The Kier molecular flexibility index (Phi) is 1.54. The van der Waals surface area contributed by atoms with Gasteiger partial charge in [0.25, 0.3) is 0 Å². The van der Waals surface area contributed by atoms with Gasteiger partial charge in [-0.25, -0.2) is 5.48 Å². The molecule has 0 aromatic heterocycles. The van der Waals surface area contributed by atoms with Crippen LogP contribution in [0.1, 0.15) is 20.3 Å². The van der Waals surface area contributed by atoms with Gasteiger partial charge in [0.1, 0.15) is 0 Å². The third-order valence-electron chi connectivity index (χ3n) is 1.47. The summed E-state index contributed by atoms with van der Waals surface area (Å²) < 4.78 is 0. The van der Waals surface area contributed by atoms with Crippen molar-refractivity contribution in [3.05, 3.63) is 0 Å². The zero-order chi connectivity index (χ0) is 6.04. The first kappa shape index (κ1) is 6.05. The first-order chi connectivity index (χ1) is 3.71. The fourth-order valence-corrected chi connectivity index (χ4v) is 0.780. The second-order valence-electron chi connectivity index (χ2n) is 3.10. The van der Waals surface area contributed by atoms with Crippen LogP contribution in [0, 0.1) is 5.41 Å². The van der Waals surface area contributed by atoms with E-state index in [4.69, 9.17) is 4.84 Å². The predicted octanol–water partition coefficient (Wildman–Crippen LogP) is 0.938. The molecule has 0 radical (unpaired) electrons. The van der Waals surface area contributed by atoms with Gasteiger partial charge in [-0.05, 0) is 11.8 Å². The molecule has 0 bridgehead atoms. The summed E-state index contributed by atoms with van der Waals surface area (Å²) in [6, 6.07) is 0. The van der Waals surface area contributed by atoms with E-state index in [0.29, 0.717) is 5.41 Å². The monoisotopic (exact) mass is 115 g/mol. The molecule has 1 saturated heterocycles. The zero-order valence-corrected chi connectivity index (χ0v) is 5.53. The molecule has 1 aliphatic heterocycles. The van der Waals surface area contributed by atoms with Crippen LogP contribution in [0.5, 0.6) is 0 Å². The lowest BCUT2D eigenvalue weighted by atomic mass is 9.90. The van der Waals surface area contributed by atoms with Crippen molar-refractivity contribution in [2.45, 2.75) is 20.3 Å². The van der Waals surface area contributed by atoms with Crippen molar-refractivity contribution >= 4 is 0 Å². The number of nitrogens with one attached hydrogen (secondary N) is 1. The number of hydrogen-bond donors (Lipinski definition) is 1. The van der Waals surface area contributed by atoms with Gasteiger partial charge in [-0.15, -0.1) is 0 Å². The molecule has 0 saturated carbocycles. The normalized spacial score (nSPS) is 27.8. The molecule has 2 heteroatoms. The molecule has 0 aromatic rings. The fourth-order valence-electron chi connectivity index (χ4n) is 0.780. The maximum absolute atomic E-state index is 5.03. The molecular weight excluding hydrogens is 102 g/mol. The Balaban J connectivity index is 2.33. The Hall–Kier alpha value is -0.0800. The Bertz CT molecular complexity index is 72.6. The van der Waals surface area contributed by atoms with Crippen LogP contribution in [-0.2, 0) is 4.84 Å². The maximum Gasteiger partial charge on any atom is 0.0733 e. The highest BCUT2D eigenvalue weighted by Crippen LogP contribution is 2.21. The number of hydroxylamine groups is 1. The molecule has 1 N–H and O–H groups in total. The van der Waals surface area contributed by atoms with E-state index in [1.54, 1.807) is 0 Å². The molecule has 1 fully saturated rings. The van der Waals surface area contributed by atoms with Gasteiger partial charge in [-0.2, -0.15) is 0 Å². The summed E-state index contributed by atoms with van der Waals surface area (Å²) in [7, 11) is 0. The summed E-state index contributed by atoms with van der Waals surface area (Å²) in [5, 5.41) is 0. The van der Waals surface area contributed by atoms with Gasteiger partial charge in [-0.3, -0.25) is 0 Å². The minimum absolute atomic E-state index is 0.394. The highest BCUT2D eigenvalue weighted by Gasteiger charge is 2.20. The van der Waals surface area contributed by atoms with Gasteiger partial charge in [0.05, 0.1) is 6.61 Å². The lowest BCUT2D eigenvalue weighted by Gasteiger charge is -2.28. The molecule has 0 amide bonds. The van der Waals surface area contributed by atoms with Crippen LogP contribution < -0.4 is 5.48 Å². The molecule has 0 unspecified atom stereocenters. The van der Waals surface area contributed by atoms with Crippen LogP contribution in [0.15, 0.2) is 0 Å². The average Bonchev–Trinajstić information content (AvgIpc) is 1.65. The third-order valence-corrected chi connectivity index (χ3v) is 1.47. The number of rotatable bonds is 0. The van der Waals surface area contributed by atoms with Crippen LogP contribution in [0.2, 0.25) is 0 Å². The zero-order valence-electron chi connectivity index (χ0n) is 5.53. The van der Waals surface area contributed by atoms with Crippen LogP contribution in [-0.4, -0.2) is 13.2 Å². The predicted molar refractivity (Wildman–Crippen MR) is 32.4 cm³/mol. The highest BCUT2D eigenvalue weighted by molar-refractivity contribution is 4.70. The SMILES string of the molecule is CC1(C)CCNOC1. The molecule has 2 nitrogen and oxygen atoms in total. The van der Waals surface area contributed by atoms with Gasteiger partial charge >= 0.3 is 0 Å².